The van der Waals surface area contributed by atoms with E-state index >= 15 is 0 Å². The van der Waals surface area contributed by atoms with E-state index in [-0.39, 0.29) is 18.4 Å². The van der Waals surface area contributed by atoms with Crippen molar-refractivity contribution in [1.82, 2.24) is 5.32 Å². The lowest BCUT2D eigenvalue weighted by Gasteiger charge is -2.23. The van der Waals surface area contributed by atoms with E-state index in [0.29, 0.717) is 19.3 Å². The molecule has 0 aromatic heterocycles. The number of hydrogen-bond acceptors (Lipinski definition) is 5. The highest BCUT2D eigenvalue weighted by molar-refractivity contribution is 5.86. The minimum Gasteiger partial charge on any atom is -0.494 e. The Balaban J connectivity index is 1.43. The van der Waals surface area contributed by atoms with Gasteiger partial charge in [-0.3, -0.25) is 4.79 Å². The monoisotopic (exact) mass is 446 g/mol. The van der Waals surface area contributed by atoms with Gasteiger partial charge in [-0.05, 0) is 49.6 Å². The van der Waals surface area contributed by atoms with Gasteiger partial charge < -0.3 is 19.7 Å². The first-order chi connectivity index (χ1) is 16.1. The van der Waals surface area contributed by atoms with Gasteiger partial charge in [-0.15, -0.1) is 0 Å². The minimum absolute atomic E-state index is 0.223. The second kappa shape index (κ2) is 10.7. The standard InChI is InChI=1S/C28H34N2O3/c1-4-32-27-18-24(14-13-22(27)17-28(31)33-5-2)30-16-15-23(19-30)29-20(3)25-12-8-10-21-9-6-7-11-26(21)25/h6-14,18,20,23,29H,4-5,15-17,19H2,1-3H3/t20-,23+/m1/s1. The van der Waals surface area contributed by atoms with E-state index in [1.165, 1.54) is 16.3 Å². The van der Waals surface area contributed by atoms with E-state index in [0.717, 1.165) is 36.5 Å². The molecule has 1 heterocycles. The second-order valence-corrected chi connectivity index (χ2v) is 8.60. The molecule has 0 bridgehead atoms. The Morgan fingerprint density at radius 2 is 1.91 bits per heavy atom. The zero-order valence-electron chi connectivity index (χ0n) is 19.8. The van der Waals surface area contributed by atoms with Crippen LogP contribution in [0.2, 0.25) is 0 Å². The zero-order valence-corrected chi connectivity index (χ0v) is 19.8. The number of carbonyl (C=O) groups is 1. The van der Waals surface area contributed by atoms with Crippen molar-refractivity contribution in [2.45, 2.75) is 45.7 Å². The first-order valence-corrected chi connectivity index (χ1v) is 12.0. The Hall–Kier alpha value is -3.05. The normalized spacial score (nSPS) is 16.7. The maximum Gasteiger partial charge on any atom is 0.310 e. The molecule has 0 aliphatic carbocycles. The van der Waals surface area contributed by atoms with Crippen molar-refractivity contribution >= 4 is 22.4 Å². The SMILES string of the molecule is CCOC(=O)Cc1ccc(N2CC[C@H](N[C@H](C)c3cccc4ccccc34)C2)cc1OCC. The number of nitrogens with one attached hydrogen (secondary N) is 1. The van der Waals surface area contributed by atoms with Crippen LogP contribution in [0, 0.1) is 0 Å². The summed E-state index contributed by atoms with van der Waals surface area (Å²) in [6, 6.07) is 21.9. The van der Waals surface area contributed by atoms with Gasteiger partial charge in [0.2, 0.25) is 0 Å². The van der Waals surface area contributed by atoms with E-state index in [1.54, 1.807) is 0 Å². The number of carbonyl (C=O) groups excluding carboxylic acids is 1. The van der Waals surface area contributed by atoms with Gasteiger partial charge in [0.15, 0.2) is 0 Å². The van der Waals surface area contributed by atoms with E-state index in [4.69, 9.17) is 9.47 Å². The number of rotatable bonds is 9. The third-order valence-electron chi connectivity index (χ3n) is 6.32. The fraction of sp³-hybridized carbons (Fsp3) is 0.393. The van der Waals surface area contributed by atoms with E-state index in [1.807, 2.05) is 19.9 Å². The van der Waals surface area contributed by atoms with Crippen LogP contribution >= 0.6 is 0 Å². The van der Waals surface area contributed by atoms with E-state index < -0.39 is 0 Å². The van der Waals surface area contributed by atoms with Crippen molar-refractivity contribution in [3.05, 3.63) is 71.8 Å². The Morgan fingerprint density at radius 1 is 1.09 bits per heavy atom. The van der Waals surface area contributed by atoms with Crippen LogP contribution in [0.4, 0.5) is 5.69 Å². The number of ether oxygens (including phenoxy) is 2. The zero-order chi connectivity index (χ0) is 23.2. The molecular weight excluding hydrogens is 412 g/mol. The van der Waals surface area contributed by atoms with Crippen LogP contribution < -0.4 is 15.0 Å². The molecule has 5 heteroatoms. The molecule has 0 spiro atoms. The van der Waals surface area contributed by atoms with Crippen molar-refractivity contribution < 1.29 is 14.3 Å². The highest BCUT2D eigenvalue weighted by atomic mass is 16.5. The predicted octanol–water partition coefficient (Wildman–Crippen LogP) is 5.27. The highest BCUT2D eigenvalue weighted by Gasteiger charge is 2.25. The molecule has 0 amide bonds. The molecule has 1 saturated heterocycles. The summed E-state index contributed by atoms with van der Waals surface area (Å²) in [7, 11) is 0. The topological polar surface area (TPSA) is 50.8 Å². The fourth-order valence-corrected chi connectivity index (χ4v) is 4.75. The third kappa shape index (κ3) is 5.48. The van der Waals surface area contributed by atoms with Crippen LogP contribution in [0.5, 0.6) is 5.75 Å². The fourth-order valence-electron chi connectivity index (χ4n) is 4.75. The average molecular weight is 447 g/mol. The van der Waals surface area contributed by atoms with Gasteiger partial charge in [-0.25, -0.2) is 0 Å². The molecule has 1 N–H and O–H groups in total. The summed E-state index contributed by atoms with van der Waals surface area (Å²) in [4.78, 5) is 14.4. The average Bonchev–Trinajstić information content (AvgIpc) is 3.28. The Labute approximate surface area is 196 Å². The maximum atomic E-state index is 12.0. The quantitative estimate of drug-likeness (QED) is 0.454. The van der Waals surface area contributed by atoms with Crippen molar-refractivity contribution in [3.8, 4) is 5.75 Å². The van der Waals surface area contributed by atoms with Gasteiger partial charge >= 0.3 is 5.97 Å². The number of nitrogens with zero attached hydrogens (tertiary/aromatic N) is 1. The molecule has 4 rings (SSSR count). The van der Waals surface area contributed by atoms with Crippen molar-refractivity contribution in [2.75, 3.05) is 31.2 Å². The first-order valence-electron chi connectivity index (χ1n) is 12.0. The first kappa shape index (κ1) is 23.1. The number of fused-ring (bicyclic) bond motifs is 1. The van der Waals surface area contributed by atoms with Gasteiger partial charge in [0, 0.05) is 42.5 Å². The number of hydrogen-bond donors (Lipinski definition) is 1. The molecule has 1 fully saturated rings. The second-order valence-electron chi connectivity index (χ2n) is 8.60. The van der Waals surface area contributed by atoms with Crippen LogP contribution in [-0.4, -0.2) is 38.3 Å². The van der Waals surface area contributed by atoms with Gasteiger partial charge in [0.1, 0.15) is 5.75 Å². The summed E-state index contributed by atoms with van der Waals surface area (Å²) in [5.74, 6) is 0.544. The Bertz CT molecular complexity index is 1090. The van der Waals surface area contributed by atoms with E-state index in [9.17, 15) is 4.79 Å². The number of anilines is 1. The highest BCUT2D eigenvalue weighted by Crippen LogP contribution is 2.30. The van der Waals surface area contributed by atoms with Crippen LogP contribution in [0.25, 0.3) is 10.8 Å². The molecule has 33 heavy (non-hydrogen) atoms. The predicted molar refractivity (Wildman–Crippen MR) is 134 cm³/mol. The van der Waals surface area contributed by atoms with Crippen molar-refractivity contribution in [1.29, 1.82) is 0 Å². The van der Waals surface area contributed by atoms with E-state index in [2.05, 4.69) is 71.7 Å². The molecule has 5 nitrogen and oxygen atoms in total. The Morgan fingerprint density at radius 3 is 2.73 bits per heavy atom. The summed E-state index contributed by atoms with van der Waals surface area (Å²) < 4.78 is 11.0. The maximum absolute atomic E-state index is 12.0. The summed E-state index contributed by atoms with van der Waals surface area (Å²) in [5.41, 5.74) is 3.35. The third-order valence-corrected chi connectivity index (χ3v) is 6.32. The van der Waals surface area contributed by atoms with Gasteiger partial charge in [-0.2, -0.15) is 0 Å². The van der Waals surface area contributed by atoms with Crippen LogP contribution in [0.1, 0.15) is 44.4 Å². The van der Waals surface area contributed by atoms with Gasteiger partial charge in [0.25, 0.3) is 0 Å². The van der Waals surface area contributed by atoms with Gasteiger partial charge in [0.05, 0.1) is 19.6 Å². The molecule has 174 valence electrons. The van der Waals surface area contributed by atoms with Gasteiger partial charge in [-0.1, -0.05) is 48.5 Å². The molecular formula is C28H34N2O3. The lowest BCUT2D eigenvalue weighted by molar-refractivity contribution is -0.142. The molecule has 0 unspecified atom stereocenters. The van der Waals surface area contributed by atoms with Crippen molar-refractivity contribution in [3.63, 3.8) is 0 Å². The van der Waals surface area contributed by atoms with Crippen LogP contribution in [-0.2, 0) is 16.0 Å². The molecule has 1 aliphatic rings. The largest absolute Gasteiger partial charge is 0.494 e. The number of benzene rings is 3. The summed E-state index contributed by atoms with van der Waals surface area (Å²) in [6.07, 6.45) is 1.32. The lowest BCUT2D eigenvalue weighted by Crippen LogP contribution is -2.34. The smallest absolute Gasteiger partial charge is 0.310 e. The molecule has 3 aromatic rings. The molecule has 2 atom stereocenters. The molecule has 0 saturated carbocycles. The molecule has 0 radical (unpaired) electrons. The van der Waals surface area contributed by atoms with Crippen LogP contribution in [0.3, 0.4) is 0 Å². The molecule has 3 aromatic carbocycles. The van der Waals surface area contributed by atoms with Crippen LogP contribution in [0.15, 0.2) is 60.7 Å². The summed E-state index contributed by atoms with van der Waals surface area (Å²) in [6.45, 7) is 8.92. The number of esters is 1. The lowest BCUT2D eigenvalue weighted by atomic mass is 9.99. The Kier molecular flexibility index (Phi) is 7.50. The van der Waals surface area contributed by atoms with Crippen molar-refractivity contribution in [2.24, 2.45) is 0 Å². The summed E-state index contributed by atoms with van der Waals surface area (Å²) >= 11 is 0. The summed E-state index contributed by atoms with van der Waals surface area (Å²) in [5, 5.41) is 6.44. The minimum atomic E-state index is -0.223. The molecule has 1 aliphatic heterocycles.